The molecule has 1 N–H and O–H groups in total. The Morgan fingerprint density at radius 1 is 1.60 bits per heavy atom. The molecule has 0 aliphatic rings. The van der Waals surface area contributed by atoms with Crippen LogP contribution < -0.4 is 5.32 Å². The number of rotatable bonds is 5. The summed E-state index contributed by atoms with van der Waals surface area (Å²) in [6, 6.07) is 0. The molecular weight excluding hydrogens is 122 g/mol. The summed E-state index contributed by atoms with van der Waals surface area (Å²) in [5.74, 6) is 2.50. The van der Waals surface area contributed by atoms with Crippen LogP contribution in [0.4, 0.5) is 0 Å². The predicted molar refractivity (Wildman–Crippen MR) is 45.7 cm³/mol. The molecule has 0 aliphatic carbocycles. The Hall–Kier alpha value is -1.00. The monoisotopic (exact) mass is 135 g/mol. The predicted octanol–water partition coefficient (Wildman–Crippen LogP) is 1.34. The number of terminal acetylenes is 1. The second-order valence-electron chi connectivity index (χ2n) is 1.83. The van der Waals surface area contributed by atoms with Crippen LogP contribution in [0.5, 0.6) is 0 Å². The molecule has 0 saturated heterocycles. The smallest absolute Gasteiger partial charge is 0.0573 e. The van der Waals surface area contributed by atoms with Gasteiger partial charge in [-0.3, -0.25) is 0 Å². The van der Waals surface area contributed by atoms with Gasteiger partial charge in [-0.25, -0.2) is 0 Å². The van der Waals surface area contributed by atoms with E-state index in [1.165, 1.54) is 0 Å². The fourth-order valence-electron chi connectivity index (χ4n) is 0.538. The zero-order chi connectivity index (χ0) is 7.66. The Morgan fingerprint density at radius 2 is 2.40 bits per heavy atom. The third kappa shape index (κ3) is 7.00. The molecule has 0 saturated carbocycles. The number of hydrogen-bond donors (Lipinski definition) is 1. The van der Waals surface area contributed by atoms with E-state index in [9.17, 15) is 0 Å². The first-order chi connectivity index (χ1) is 4.91. The minimum absolute atomic E-state index is 0.655. The highest BCUT2D eigenvalue weighted by Crippen LogP contribution is 1.79. The van der Waals surface area contributed by atoms with Crippen molar-refractivity contribution in [2.45, 2.75) is 6.42 Å². The number of nitrogens with one attached hydrogen (secondary N) is 1. The van der Waals surface area contributed by atoms with E-state index in [1.54, 1.807) is 6.08 Å². The molecule has 1 heteroatoms. The van der Waals surface area contributed by atoms with E-state index in [0.29, 0.717) is 6.54 Å². The lowest BCUT2D eigenvalue weighted by atomic mass is 10.3. The van der Waals surface area contributed by atoms with Crippen molar-refractivity contribution in [2.24, 2.45) is 0 Å². The number of hydrogen-bond acceptors (Lipinski definition) is 1. The van der Waals surface area contributed by atoms with Crippen molar-refractivity contribution in [1.82, 2.24) is 5.32 Å². The summed E-state index contributed by atoms with van der Waals surface area (Å²) in [4.78, 5) is 0. The maximum Gasteiger partial charge on any atom is 0.0573 e. The first-order valence-electron chi connectivity index (χ1n) is 3.33. The van der Waals surface area contributed by atoms with Crippen LogP contribution in [0, 0.1) is 12.3 Å². The molecule has 0 aromatic rings. The standard InChI is InChI=1S/C9H13N/c1-3-5-6-7-9-10-8-4-2/h2-3,5-6,10H,1,7-9H2/b6-5+. The molecule has 0 heterocycles. The van der Waals surface area contributed by atoms with Crippen molar-refractivity contribution in [3.8, 4) is 12.3 Å². The number of allylic oxidation sites excluding steroid dienone is 2. The van der Waals surface area contributed by atoms with Crippen molar-refractivity contribution >= 4 is 0 Å². The maximum atomic E-state index is 5.02. The van der Waals surface area contributed by atoms with Gasteiger partial charge in [-0.15, -0.1) is 6.42 Å². The van der Waals surface area contributed by atoms with E-state index >= 15 is 0 Å². The normalized spacial score (nSPS) is 9.50. The van der Waals surface area contributed by atoms with Gasteiger partial charge in [0.15, 0.2) is 0 Å². The summed E-state index contributed by atoms with van der Waals surface area (Å²) in [6.07, 6.45) is 11.8. The van der Waals surface area contributed by atoms with E-state index in [4.69, 9.17) is 6.42 Å². The Bertz CT molecular complexity index is 139. The second kappa shape index (κ2) is 8.00. The van der Waals surface area contributed by atoms with Crippen molar-refractivity contribution in [2.75, 3.05) is 13.1 Å². The van der Waals surface area contributed by atoms with Crippen LogP contribution in [-0.2, 0) is 0 Å². The largest absolute Gasteiger partial charge is 0.306 e. The quantitative estimate of drug-likeness (QED) is 0.341. The van der Waals surface area contributed by atoms with Gasteiger partial charge in [0.2, 0.25) is 0 Å². The molecular formula is C9H13N. The molecule has 0 unspecified atom stereocenters. The molecule has 10 heavy (non-hydrogen) atoms. The molecule has 0 spiro atoms. The van der Waals surface area contributed by atoms with Gasteiger partial charge in [-0.05, 0) is 13.0 Å². The summed E-state index contributed by atoms with van der Waals surface area (Å²) in [5.41, 5.74) is 0. The van der Waals surface area contributed by atoms with Crippen molar-refractivity contribution < 1.29 is 0 Å². The summed E-state index contributed by atoms with van der Waals surface area (Å²) < 4.78 is 0. The van der Waals surface area contributed by atoms with E-state index in [0.717, 1.165) is 13.0 Å². The molecule has 0 aliphatic heterocycles. The highest BCUT2D eigenvalue weighted by atomic mass is 14.8. The van der Waals surface area contributed by atoms with Crippen LogP contribution in [0.15, 0.2) is 24.8 Å². The first kappa shape index (κ1) is 9.00. The minimum Gasteiger partial charge on any atom is -0.306 e. The molecule has 54 valence electrons. The Labute approximate surface area is 62.8 Å². The third-order valence-corrected chi connectivity index (χ3v) is 0.987. The highest BCUT2D eigenvalue weighted by molar-refractivity contribution is 4.97. The zero-order valence-electron chi connectivity index (χ0n) is 6.14. The van der Waals surface area contributed by atoms with Gasteiger partial charge in [0.05, 0.1) is 6.54 Å². The average Bonchev–Trinajstić information content (AvgIpc) is 1.97. The van der Waals surface area contributed by atoms with Gasteiger partial charge in [-0.1, -0.05) is 30.7 Å². The molecule has 0 fully saturated rings. The highest BCUT2D eigenvalue weighted by Gasteiger charge is 1.77. The van der Waals surface area contributed by atoms with E-state index in [2.05, 4.69) is 23.9 Å². The topological polar surface area (TPSA) is 12.0 Å². The Balaban J connectivity index is 2.99. The lowest BCUT2D eigenvalue weighted by Crippen LogP contribution is -2.14. The summed E-state index contributed by atoms with van der Waals surface area (Å²) in [6.45, 7) is 5.15. The molecule has 0 aromatic carbocycles. The van der Waals surface area contributed by atoms with Gasteiger partial charge in [-0.2, -0.15) is 0 Å². The van der Waals surface area contributed by atoms with Gasteiger partial charge < -0.3 is 5.32 Å². The van der Waals surface area contributed by atoms with Crippen molar-refractivity contribution in [3.05, 3.63) is 24.8 Å². The summed E-state index contributed by atoms with van der Waals surface area (Å²) in [5, 5.41) is 3.07. The zero-order valence-corrected chi connectivity index (χ0v) is 6.14. The second-order valence-corrected chi connectivity index (χ2v) is 1.83. The molecule has 0 bridgehead atoms. The maximum absolute atomic E-state index is 5.02. The summed E-state index contributed by atoms with van der Waals surface area (Å²) >= 11 is 0. The first-order valence-corrected chi connectivity index (χ1v) is 3.33. The van der Waals surface area contributed by atoms with E-state index in [-0.39, 0.29) is 0 Å². The Kier molecular flexibility index (Phi) is 7.20. The fraction of sp³-hybridized carbons (Fsp3) is 0.333. The molecule has 0 amide bonds. The molecule has 0 atom stereocenters. The minimum atomic E-state index is 0.655. The fourth-order valence-corrected chi connectivity index (χ4v) is 0.538. The van der Waals surface area contributed by atoms with Crippen LogP contribution in [-0.4, -0.2) is 13.1 Å². The molecule has 0 aromatic heterocycles. The summed E-state index contributed by atoms with van der Waals surface area (Å²) in [7, 11) is 0. The van der Waals surface area contributed by atoms with Gasteiger partial charge >= 0.3 is 0 Å². The van der Waals surface area contributed by atoms with Crippen LogP contribution >= 0.6 is 0 Å². The van der Waals surface area contributed by atoms with Gasteiger partial charge in [0.25, 0.3) is 0 Å². The van der Waals surface area contributed by atoms with Crippen LogP contribution in [0.2, 0.25) is 0 Å². The molecule has 1 nitrogen and oxygen atoms in total. The average molecular weight is 135 g/mol. The SMILES string of the molecule is C#CCNCC/C=C/C=C. The third-order valence-electron chi connectivity index (χ3n) is 0.987. The lowest BCUT2D eigenvalue weighted by molar-refractivity contribution is 0.766. The van der Waals surface area contributed by atoms with Gasteiger partial charge in [0.1, 0.15) is 0 Å². The molecule has 0 radical (unpaired) electrons. The van der Waals surface area contributed by atoms with Crippen LogP contribution in [0.1, 0.15) is 6.42 Å². The van der Waals surface area contributed by atoms with Crippen LogP contribution in [0.25, 0.3) is 0 Å². The van der Waals surface area contributed by atoms with E-state index < -0.39 is 0 Å². The van der Waals surface area contributed by atoms with Crippen LogP contribution in [0.3, 0.4) is 0 Å². The van der Waals surface area contributed by atoms with Crippen molar-refractivity contribution in [1.29, 1.82) is 0 Å². The molecule has 0 rings (SSSR count). The lowest BCUT2D eigenvalue weighted by Gasteiger charge is -1.93. The van der Waals surface area contributed by atoms with Gasteiger partial charge in [0, 0.05) is 0 Å². The Morgan fingerprint density at radius 3 is 3.00 bits per heavy atom. The van der Waals surface area contributed by atoms with E-state index in [1.807, 2.05) is 6.08 Å². The van der Waals surface area contributed by atoms with Crippen molar-refractivity contribution in [3.63, 3.8) is 0 Å².